The topological polar surface area (TPSA) is 105 Å². The van der Waals surface area contributed by atoms with Crippen molar-refractivity contribution in [1.29, 1.82) is 0 Å². The summed E-state index contributed by atoms with van der Waals surface area (Å²) in [6.45, 7) is -0.539. The number of benzene rings is 3. The van der Waals surface area contributed by atoms with Crippen LogP contribution in [0.2, 0.25) is 0 Å². The molecule has 0 spiro atoms. The fraction of sp³-hybridized carbons (Fsp3) is 0.0455. The molecular formula is C22H18N2O5. The maximum absolute atomic E-state index is 12.5. The monoisotopic (exact) mass is 390 g/mol. The van der Waals surface area contributed by atoms with Crippen LogP contribution in [0.25, 0.3) is 0 Å². The maximum atomic E-state index is 12.5. The number of carbonyl (C=O) groups is 3. The second kappa shape index (κ2) is 9.18. The Kier molecular flexibility index (Phi) is 6.22. The molecule has 0 radical (unpaired) electrons. The summed E-state index contributed by atoms with van der Waals surface area (Å²) in [6.07, 6.45) is 0. The second-order valence-corrected chi connectivity index (χ2v) is 6.04. The largest absolute Gasteiger partial charge is 0.508 e. The third-order valence-corrected chi connectivity index (χ3v) is 3.89. The van der Waals surface area contributed by atoms with E-state index in [4.69, 9.17) is 4.74 Å². The molecule has 0 saturated heterocycles. The lowest BCUT2D eigenvalue weighted by atomic mass is 10.1. The molecule has 0 heterocycles. The van der Waals surface area contributed by atoms with Crippen molar-refractivity contribution in [2.45, 2.75) is 0 Å². The number of carbonyl (C=O) groups excluding carboxylic acids is 3. The summed E-state index contributed by atoms with van der Waals surface area (Å²) in [5.41, 5.74) is 1.31. The van der Waals surface area contributed by atoms with E-state index in [1.807, 2.05) is 6.07 Å². The third-order valence-electron chi connectivity index (χ3n) is 3.89. The lowest BCUT2D eigenvalue weighted by molar-refractivity contribution is -0.119. The Morgan fingerprint density at radius 1 is 0.828 bits per heavy atom. The highest BCUT2D eigenvalue weighted by Gasteiger charge is 2.15. The summed E-state index contributed by atoms with van der Waals surface area (Å²) >= 11 is 0. The smallest absolute Gasteiger partial charge is 0.338 e. The third kappa shape index (κ3) is 5.43. The molecule has 3 aromatic carbocycles. The highest BCUT2D eigenvalue weighted by molar-refractivity contribution is 6.10. The number of ether oxygens (including phenoxy) is 1. The second-order valence-electron chi connectivity index (χ2n) is 6.04. The van der Waals surface area contributed by atoms with Gasteiger partial charge in [0, 0.05) is 5.69 Å². The number of esters is 1. The van der Waals surface area contributed by atoms with E-state index in [1.54, 1.807) is 48.5 Å². The number of phenols is 1. The van der Waals surface area contributed by atoms with Crippen molar-refractivity contribution in [1.82, 2.24) is 0 Å². The van der Waals surface area contributed by atoms with Gasteiger partial charge in [0.1, 0.15) is 5.75 Å². The van der Waals surface area contributed by atoms with Gasteiger partial charge in [0.05, 0.1) is 16.8 Å². The molecule has 0 saturated carbocycles. The predicted octanol–water partition coefficient (Wildman–Crippen LogP) is 3.44. The van der Waals surface area contributed by atoms with Crippen LogP contribution in [0.15, 0.2) is 78.9 Å². The van der Waals surface area contributed by atoms with E-state index in [-0.39, 0.29) is 22.8 Å². The average Bonchev–Trinajstić information content (AvgIpc) is 2.73. The fourth-order valence-electron chi connectivity index (χ4n) is 2.54. The van der Waals surface area contributed by atoms with Crippen LogP contribution in [0.3, 0.4) is 0 Å². The fourth-order valence-corrected chi connectivity index (χ4v) is 2.54. The Bertz CT molecular complexity index is 1030. The molecule has 0 aliphatic rings. The van der Waals surface area contributed by atoms with Gasteiger partial charge in [-0.2, -0.15) is 0 Å². The van der Waals surface area contributed by atoms with Gasteiger partial charge in [-0.3, -0.25) is 9.59 Å². The first kappa shape index (κ1) is 19.6. The summed E-state index contributed by atoms with van der Waals surface area (Å²) in [5, 5.41) is 14.7. The molecular weight excluding hydrogens is 372 g/mol. The van der Waals surface area contributed by atoms with Gasteiger partial charge in [-0.1, -0.05) is 36.4 Å². The van der Waals surface area contributed by atoms with Gasteiger partial charge < -0.3 is 20.5 Å². The minimum atomic E-state index is -0.744. The van der Waals surface area contributed by atoms with E-state index in [0.29, 0.717) is 11.4 Å². The molecule has 0 aliphatic carbocycles. The predicted molar refractivity (Wildman–Crippen MR) is 108 cm³/mol. The standard InChI is InChI=1S/C22H18N2O5/c25-17-10-6-7-15(13-17)22(28)29-14-20(26)24-19-12-5-4-11-18(19)21(27)23-16-8-2-1-3-9-16/h1-13,25H,14H2,(H,23,27)(H,24,26). The van der Waals surface area contributed by atoms with E-state index in [1.165, 1.54) is 24.3 Å². The van der Waals surface area contributed by atoms with Crippen molar-refractivity contribution in [3.05, 3.63) is 90.0 Å². The summed E-state index contributed by atoms with van der Waals surface area (Å²) < 4.78 is 4.95. The van der Waals surface area contributed by atoms with E-state index in [2.05, 4.69) is 10.6 Å². The number of hydrogen-bond acceptors (Lipinski definition) is 5. The number of para-hydroxylation sites is 2. The Morgan fingerprint density at radius 3 is 2.31 bits per heavy atom. The lowest BCUT2D eigenvalue weighted by Gasteiger charge is -2.12. The first-order valence-corrected chi connectivity index (χ1v) is 8.74. The molecule has 0 bridgehead atoms. The van der Waals surface area contributed by atoms with Crippen molar-refractivity contribution in [2.75, 3.05) is 17.2 Å². The van der Waals surface area contributed by atoms with E-state index < -0.39 is 18.5 Å². The van der Waals surface area contributed by atoms with Crippen LogP contribution in [0.1, 0.15) is 20.7 Å². The summed E-state index contributed by atoms with van der Waals surface area (Å²) in [7, 11) is 0. The van der Waals surface area contributed by atoms with Crippen LogP contribution in [-0.2, 0) is 9.53 Å². The van der Waals surface area contributed by atoms with E-state index in [0.717, 1.165) is 0 Å². The highest BCUT2D eigenvalue weighted by Crippen LogP contribution is 2.18. The minimum Gasteiger partial charge on any atom is -0.508 e. The van der Waals surface area contributed by atoms with E-state index in [9.17, 15) is 19.5 Å². The molecule has 0 aliphatic heterocycles. The first-order valence-electron chi connectivity index (χ1n) is 8.74. The Labute approximate surface area is 166 Å². The molecule has 7 nitrogen and oxygen atoms in total. The molecule has 3 aromatic rings. The zero-order valence-corrected chi connectivity index (χ0v) is 15.3. The molecule has 3 N–H and O–H groups in total. The first-order chi connectivity index (χ1) is 14.0. The van der Waals surface area contributed by atoms with Crippen LogP contribution in [0, 0.1) is 0 Å². The maximum Gasteiger partial charge on any atom is 0.338 e. The summed E-state index contributed by atoms with van der Waals surface area (Å²) in [5.74, 6) is -1.81. The number of rotatable bonds is 6. The Balaban J connectivity index is 1.62. The Hall–Kier alpha value is -4.13. The quantitative estimate of drug-likeness (QED) is 0.559. The zero-order valence-electron chi connectivity index (χ0n) is 15.3. The Morgan fingerprint density at radius 2 is 1.55 bits per heavy atom. The van der Waals surface area contributed by atoms with Crippen LogP contribution in [0.4, 0.5) is 11.4 Å². The van der Waals surface area contributed by atoms with Gasteiger partial charge in [0.15, 0.2) is 6.61 Å². The lowest BCUT2D eigenvalue weighted by Crippen LogP contribution is -2.23. The number of nitrogens with one attached hydrogen (secondary N) is 2. The molecule has 0 atom stereocenters. The molecule has 0 aromatic heterocycles. The van der Waals surface area contributed by atoms with Crippen molar-refractivity contribution in [3.8, 4) is 5.75 Å². The van der Waals surface area contributed by atoms with Crippen molar-refractivity contribution < 1.29 is 24.2 Å². The number of anilines is 2. The molecule has 0 unspecified atom stereocenters. The average molecular weight is 390 g/mol. The SMILES string of the molecule is O=C(COC(=O)c1cccc(O)c1)Nc1ccccc1C(=O)Nc1ccccc1. The number of amides is 2. The number of aromatic hydroxyl groups is 1. The molecule has 2 amide bonds. The van der Waals surface area contributed by atoms with Crippen LogP contribution < -0.4 is 10.6 Å². The minimum absolute atomic E-state index is 0.0812. The summed E-state index contributed by atoms with van der Waals surface area (Å²) in [6, 6.07) is 21.0. The van der Waals surface area contributed by atoms with Crippen molar-refractivity contribution in [2.24, 2.45) is 0 Å². The van der Waals surface area contributed by atoms with Gasteiger partial charge in [-0.15, -0.1) is 0 Å². The van der Waals surface area contributed by atoms with Gasteiger partial charge in [-0.25, -0.2) is 4.79 Å². The van der Waals surface area contributed by atoms with Crippen LogP contribution in [-0.4, -0.2) is 29.5 Å². The zero-order chi connectivity index (χ0) is 20.6. The van der Waals surface area contributed by atoms with Crippen LogP contribution in [0.5, 0.6) is 5.75 Å². The van der Waals surface area contributed by atoms with Gasteiger partial charge >= 0.3 is 5.97 Å². The van der Waals surface area contributed by atoms with Crippen molar-refractivity contribution >= 4 is 29.2 Å². The summed E-state index contributed by atoms with van der Waals surface area (Å²) in [4.78, 5) is 36.7. The van der Waals surface area contributed by atoms with Gasteiger partial charge in [-0.05, 0) is 42.5 Å². The van der Waals surface area contributed by atoms with E-state index >= 15 is 0 Å². The van der Waals surface area contributed by atoms with Gasteiger partial charge in [0.2, 0.25) is 0 Å². The molecule has 146 valence electrons. The van der Waals surface area contributed by atoms with Crippen LogP contribution >= 0.6 is 0 Å². The van der Waals surface area contributed by atoms with Gasteiger partial charge in [0.25, 0.3) is 11.8 Å². The number of phenolic OH excluding ortho intramolecular Hbond substituents is 1. The van der Waals surface area contributed by atoms with Crippen molar-refractivity contribution in [3.63, 3.8) is 0 Å². The number of hydrogen-bond donors (Lipinski definition) is 3. The molecule has 29 heavy (non-hydrogen) atoms. The molecule has 0 fully saturated rings. The normalized spacial score (nSPS) is 10.1. The highest BCUT2D eigenvalue weighted by atomic mass is 16.5. The molecule has 3 rings (SSSR count). The molecule has 7 heteroatoms.